The lowest BCUT2D eigenvalue weighted by molar-refractivity contribution is -0.385. The van der Waals surface area contributed by atoms with E-state index in [0.717, 1.165) is 6.20 Å². The van der Waals surface area contributed by atoms with Crippen LogP contribution >= 0.6 is 11.6 Å². The number of halogens is 1. The Bertz CT molecular complexity index is 570. The number of carbonyl (C=O) groups excluding carboxylic acids is 1. The van der Waals surface area contributed by atoms with Gasteiger partial charge < -0.3 is 10.0 Å². The lowest BCUT2D eigenvalue weighted by atomic mass is 9.82. The van der Waals surface area contributed by atoms with Crippen LogP contribution in [0.15, 0.2) is 12.3 Å². The molecule has 1 aromatic rings. The Labute approximate surface area is 120 Å². The Hall–Kier alpha value is -1.73. The molecule has 1 saturated heterocycles. The van der Waals surface area contributed by atoms with Gasteiger partial charge in [0.1, 0.15) is 22.5 Å². The van der Waals surface area contributed by atoms with Crippen LogP contribution in [0.5, 0.6) is 0 Å². The zero-order valence-corrected chi connectivity index (χ0v) is 11.8. The van der Waals surface area contributed by atoms with Crippen molar-refractivity contribution in [1.29, 1.82) is 0 Å². The molecule has 0 unspecified atom stereocenters. The van der Waals surface area contributed by atoms with E-state index in [0.29, 0.717) is 0 Å². The first-order valence-electron chi connectivity index (χ1n) is 6.06. The van der Waals surface area contributed by atoms with Gasteiger partial charge in [0.05, 0.1) is 18.0 Å². The second kappa shape index (κ2) is 4.99. The number of hydrogen-bond donors (Lipinski definition) is 1. The highest BCUT2D eigenvalue weighted by molar-refractivity contribution is 6.29. The molecule has 7 nitrogen and oxygen atoms in total. The molecule has 1 aromatic heterocycles. The summed E-state index contributed by atoms with van der Waals surface area (Å²) in [4.78, 5) is 27.4. The summed E-state index contributed by atoms with van der Waals surface area (Å²) >= 11 is 5.68. The van der Waals surface area contributed by atoms with Gasteiger partial charge in [-0.25, -0.2) is 4.98 Å². The van der Waals surface area contributed by atoms with Gasteiger partial charge in [-0.1, -0.05) is 25.4 Å². The highest BCUT2D eigenvalue weighted by Crippen LogP contribution is 2.31. The van der Waals surface area contributed by atoms with Crippen LogP contribution < -0.4 is 0 Å². The van der Waals surface area contributed by atoms with Gasteiger partial charge in [0, 0.05) is 0 Å². The molecule has 1 amide bonds. The number of likely N-dealkylation sites (tertiary alicyclic amines) is 1. The first kappa shape index (κ1) is 14.7. The molecular weight excluding hydrogens is 286 g/mol. The minimum absolute atomic E-state index is 0.00237. The van der Waals surface area contributed by atoms with Crippen LogP contribution in [0.1, 0.15) is 24.2 Å². The number of nitro groups is 1. The van der Waals surface area contributed by atoms with Gasteiger partial charge >= 0.3 is 0 Å². The largest absolute Gasteiger partial charge is 0.386 e. The van der Waals surface area contributed by atoms with Crippen LogP contribution in [-0.2, 0) is 0 Å². The Morgan fingerprint density at radius 1 is 1.60 bits per heavy atom. The van der Waals surface area contributed by atoms with Gasteiger partial charge in [-0.15, -0.1) is 0 Å². The molecule has 0 radical (unpaired) electrons. The van der Waals surface area contributed by atoms with Crippen molar-refractivity contribution in [3.8, 4) is 0 Å². The van der Waals surface area contributed by atoms with Crippen LogP contribution in [0.25, 0.3) is 0 Å². The fraction of sp³-hybridized carbons (Fsp3) is 0.500. The zero-order valence-electron chi connectivity index (χ0n) is 11.0. The van der Waals surface area contributed by atoms with Crippen molar-refractivity contribution in [2.45, 2.75) is 19.4 Å². The minimum Gasteiger partial charge on any atom is -0.386 e. The Morgan fingerprint density at radius 3 is 2.70 bits per heavy atom. The van der Waals surface area contributed by atoms with Crippen molar-refractivity contribution < 1.29 is 14.8 Å². The van der Waals surface area contributed by atoms with Crippen LogP contribution in [-0.4, -0.2) is 44.5 Å². The van der Waals surface area contributed by atoms with Gasteiger partial charge in [-0.05, 0) is 12.0 Å². The third-order valence-corrected chi connectivity index (χ3v) is 3.77. The van der Waals surface area contributed by atoms with E-state index < -0.39 is 16.4 Å². The normalized spacial score (nSPS) is 16.9. The number of aliphatic hydroxyl groups is 1. The van der Waals surface area contributed by atoms with Gasteiger partial charge in [0.25, 0.3) is 11.6 Å². The predicted octanol–water partition coefficient (Wildman–Crippen LogP) is 1.49. The topological polar surface area (TPSA) is 96.6 Å². The third-order valence-electron chi connectivity index (χ3n) is 3.57. The number of β-amino-alcohol motifs (C(OH)–C–C–N with tert-alkyl or cyclic N) is 1. The molecule has 2 rings (SSSR count). The fourth-order valence-corrected chi connectivity index (χ4v) is 2.19. The van der Waals surface area contributed by atoms with Gasteiger partial charge in [-0.3, -0.25) is 14.9 Å². The fourth-order valence-electron chi connectivity index (χ4n) is 2.03. The van der Waals surface area contributed by atoms with Crippen LogP contribution in [0.3, 0.4) is 0 Å². The molecule has 1 fully saturated rings. The smallest absolute Gasteiger partial charge is 0.300 e. The molecule has 20 heavy (non-hydrogen) atoms. The Kier molecular flexibility index (Phi) is 3.66. The molecule has 108 valence electrons. The molecule has 0 bridgehead atoms. The van der Waals surface area contributed by atoms with E-state index in [-0.39, 0.29) is 35.4 Å². The number of amides is 1. The lowest BCUT2D eigenvalue weighted by Crippen LogP contribution is -2.66. The van der Waals surface area contributed by atoms with E-state index in [1.54, 1.807) is 0 Å². The highest BCUT2D eigenvalue weighted by atomic mass is 35.5. The van der Waals surface area contributed by atoms with E-state index in [1.165, 1.54) is 11.0 Å². The minimum atomic E-state index is -0.929. The molecule has 0 atom stereocenters. The summed E-state index contributed by atoms with van der Waals surface area (Å²) in [6.07, 6.45) is 0.962. The van der Waals surface area contributed by atoms with E-state index in [1.807, 2.05) is 13.8 Å². The number of carbonyl (C=O) groups is 1. The quantitative estimate of drug-likeness (QED) is 0.518. The summed E-state index contributed by atoms with van der Waals surface area (Å²) in [7, 11) is 0. The van der Waals surface area contributed by atoms with Crippen LogP contribution in [0.2, 0.25) is 5.15 Å². The monoisotopic (exact) mass is 299 g/mol. The molecule has 8 heteroatoms. The van der Waals surface area contributed by atoms with E-state index in [2.05, 4.69) is 4.98 Å². The highest BCUT2D eigenvalue weighted by Gasteiger charge is 2.46. The maximum absolute atomic E-state index is 12.2. The van der Waals surface area contributed by atoms with Crippen molar-refractivity contribution in [2.75, 3.05) is 13.1 Å². The number of aromatic nitrogens is 1. The van der Waals surface area contributed by atoms with Crippen molar-refractivity contribution in [3.05, 3.63) is 33.1 Å². The van der Waals surface area contributed by atoms with E-state index >= 15 is 0 Å². The van der Waals surface area contributed by atoms with E-state index in [9.17, 15) is 20.0 Å². The standard InChI is InChI=1S/C12H14ClN3O4/c1-7(2)12(18)5-15(6-12)11(17)8-3-10(13)14-4-9(8)16(19)20/h3-4,7,18H,5-6H2,1-2H3. The van der Waals surface area contributed by atoms with Gasteiger partial charge in [0.2, 0.25) is 0 Å². The number of rotatable bonds is 3. The summed E-state index contributed by atoms with van der Waals surface area (Å²) in [5, 5.41) is 21.0. The summed E-state index contributed by atoms with van der Waals surface area (Å²) in [5.74, 6) is -0.520. The molecular formula is C12H14ClN3O4. The number of pyridine rings is 1. The average molecular weight is 300 g/mol. The molecule has 0 saturated carbocycles. The molecule has 0 spiro atoms. The van der Waals surface area contributed by atoms with Crippen molar-refractivity contribution >= 4 is 23.2 Å². The maximum Gasteiger partial charge on any atom is 0.300 e. The van der Waals surface area contributed by atoms with E-state index in [4.69, 9.17) is 11.6 Å². The second-order valence-corrected chi connectivity index (χ2v) is 5.59. The molecule has 1 N–H and O–H groups in total. The average Bonchev–Trinajstić information content (AvgIpc) is 2.33. The first-order valence-corrected chi connectivity index (χ1v) is 6.44. The van der Waals surface area contributed by atoms with Crippen LogP contribution in [0.4, 0.5) is 5.69 Å². The Morgan fingerprint density at radius 2 is 2.20 bits per heavy atom. The molecule has 0 aliphatic carbocycles. The lowest BCUT2D eigenvalue weighted by Gasteiger charge is -2.48. The number of nitrogens with zero attached hydrogens (tertiary/aromatic N) is 3. The maximum atomic E-state index is 12.2. The van der Waals surface area contributed by atoms with Crippen molar-refractivity contribution in [2.24, 2.45) is 5.92 Å². The number of hydrogen-bond acceptors (Lipinski definition) is 5. The summed E-state index contributed by atoms with van der Waals surface area (Å²) in [6.45, 7) is 4.02. The second-order valence-electron chi connectivity index (χ2n) is 5.20. The van der Waals surface area contributed by atoms with Crippen LogP contribution in [0, 0.1) is 16.0 Å². The Balaban J connectivity index is 2.23. The zero-order chi connectivity index (χ0) is 15.1. The predicted molar refractivity (Wildman–Crippen MR) is 71.6 cm³/mol. The van der Waals surface area contributed by atoms with Crippen molar-refractivity contribution in [1.82, 2.24) is 9.88 Å². The molecule has 0 aromatic carbocycles. The molecule has 1 aliphatic heterocycles. The van der Waals surface area contributed by atoms with Crippen molar-refractivity contribution in [3.63, 3.8) is 0 Å². The summed E-state index contributed by atoms with van der Waals surface area (Å²) in [6, 6.07) is 1.18. The first-order chi connectivity index (χ1) is 9.24. The third kappa shape index (κ3) is 2.46. The molecule has 1 aliphatic rings. The summed E-state index contributed by atoms with van der Waals surface area (Å²) < 4.78 is 0. The summed E-state index contributed by atoms with van der Waals surface area (Å²) in [5.41, 5.74) is -1.43. The molecule has 2 heterocycles. The van der Waals surface area contributed by atoms with Gasteiger partial charge in [0.15, 0.2) is 0 Å². The SMILES string of the molecule is CC(C)C1(O)CN(C(=O)c2cc(Cl)ncc2[N+](=O)[O-])C1. The van der Waals surface area contributed by atoms with Gasteiger partial charge in [-0.2, -0.15) is 0 Å².